The Hall–Kier alpha value is -2.05. The number of amides is 1. The normalized spacial score (nSPS) is 23.6. The number of hydrogen-bond donors (Lipinski definition) is 3. The number of hydrogen-bond acceptors (Lipinski definition) is 4. The van der Waals surface area contributed by atoms with E-state index in [9.17, 15) is 9.90 Å². The van der Waals surface area contributed by atoms with Gasteiger partial charge in [0.05, 0.1) is 18.8 Å². The Morgan fingerprint density at radius 1 is 1.40 bits per heavy atom. The minimum Gasteiger partial charge on any atom is -0.494 e. The molecule has 0 spiro atoms. The first-order valence-electron chi connectivity index (χ1n) is 8.82. The zero-order valence-corrected chi connectivity index (χ0v) is 15.0. The molecule has 1 fully saturated rings. The molecule has 1 aliphatic carbocycles. The molecule has 2 aromatic rings. The van der Waals surface area contributed by atoms with E-state index in [-0.39, 0.29) is 18.1 Å². The predicted octanol–water partition coefficient (Wildman–Crippen LogP) is 2.53. The third-order valence-corrected chi connectivity index (χ3v) is 4.98. The smallest absolute Gasteiger partial charge is 0.268 e. The van der Waals surface area contributed by atoms with Crippen molar-refractivity contribution in [3.8, 4) is 5.75 Å². The van der Waals surface area contributed by atoms with Crippen LogP contribution in [0.5, 0.6) is 5.75 Å². The minimum atomic E-state index is -0.683. The quantitative estimate of drug-likeness (QED) is 0.777. The van der Waals surface area contributed by atoms with E-state index >= 15 is 0 Å². The summed E-state index contributed by atoms with van der Waals surface area (Å²) in [6.07, 6.45) is 1.58. The Morgan fingerprint density at radius 2 is 2.20 bits per heavy atom. The zero-order chi connectivity index (χ0) is 18.0. The highest BCUT2D eigenvalue weighted by molar-refractivity contribution is 6.01. The second-order valence-electron chi connectivity index (χ2n) is 6.54. The molecule has 3 rings (SSSR count). The molecule has 1 aromatic carbocycles. The number of rotatable bonds is 5. The number of methoxy groups -OCH3 is 1. The van der Waals surface area contributed by atoms with Gasteiger partial charge in [0.1, 0.15) is 17.5 Å². The van der Waals surface area contributed by atoms with Gasteiger partial charge < -0.3 is 24.9 Å². The van der Waals surface area contributed by atoms with Crippen molar-refractivity contribution in [3.05, 3.63) is 29.5 Å². The minimum absolute atomic E-state index is 0.201. The van der Waals surface area contributed by atoms with Crippen LogP contribution in [0.2, 0.25) is 0 Å². The Kier molecular flexibility index (Phi) is 5.30. The maximum atomic E-state index is 12.7. The highest BCUT2D eigenvalue weighted by Gasteiger charge is 2.33. The van der Waals surface area contributed by atoms with Crippen LogP contribution >= 0.6 is 0 Å². The highest BCUT2D eigenvalue weighted by Crippen LogP contribution is 2.27. The van der Waals surface area contributed by atoms with Crippen LogP contribution in [0.3, 0.4) is 0 Å². The fourth-order valence-electron chi connectivity index (χ4n) is 3.58. The average molecular weight is 346 g/mol. The first kappa shape index (κ1) is 17.8. The molecule has 3 atom stereocenters. The van der Waals surface area contributed by atoms with Gasteiger partial charge in [-0.2, -0.15) is 0 Å². The second kappa shape index (κ2) is 7.45. The number of aryl methyl sites for hydroxylation is 1. The molecule has 25 heavy (non-hydrogen) atoms. The molecular weight excluding hydrogens is 320 g/mol. The topological polar surface area (TPSA) is 83.6 Å². The lowest BCUT2D eigenvalue weighted by molar-refractivity contribution is -0.0513. The van der Waals surface area contributed by atoms with Gasteiger partial charge in [-0.1, -0.05) is 0 Å². The predicted molar refractivity (Wildman–Crippen MR) is 96.1 cm³/mol. The first-order chi connectivity index (χ1) is 12.0. The Bertz CT molecular complexity index is 755. The molecule has 6 nitrogen and oxygen atoms in total. The summed E-state index contributed by atoms with van der Waals surface area (Å²) in [5.74, 6) is 0.585. The number of aliphatic hydroxyl groups excluding tert-OH is 1. The Labute approximate surface area is 147 Å². The fraction of sp³-hybridized carbons (Fsp3) is 0.526. The van der Waals surface area contributed by atoms with Crippen molar-refractivity contribution < 1.29 is 19.4 Å². The maximum absolute atomic E-state index is 12.7. The molecule has 1 aliphatic rings. The largest absolute Gasteiger partial charge is 0.494 e. The number of ether oxygens (including phenoxy) is 2. The summed E-state index contributed by atoms with van der Waals surface area (Å²) in [5.41, 5.74) is 2.29. The van der Waals surface area contributed by atoms with Crippen LogP contribution in [0, 0.1) is 6.92 Å². The van der Waals surface area contributed by atoms with Crippen LogP contribution in [0.25, 0.3) is 10.9 Å². The van der Waals surface area contributed by atoms with Crippen molar-refractivity contribution in [1.29, 1.82) is 0 Å². The standard InChI is InChI=1S/C19H26N2O4/c1-4-25-12-8-9-14-13(10-12)11(2)17(20-14)19(23)21-15-6-5-7-16(24-3)18(15)22/h8-10,15-16,18,20,22H,4-7H2,1-3H3,(H,21,23)/t15-,16-,18-/m1/s1. The van der Waals surface area contributed by atoms with Gasteiger partial charge in [0.2, 0.25) is 0 Å². The van der Waals surface area contributed by atoms with Gasteiger partial charge in [-0.15, -0.1) is 0 Å². The number of carbonyl (C=O) groups is 1. The second-order valence-corrected chi connectivity index (χ2v) is 6.54. The van der Waals surface area contributed by atoms with Crippen LogP contribution < -0.4 is 10.1 Å². The summed E-state index contributed by atoms with van der Waals surface area (Å²) >= 11 is 0. The van der Waals surface area contributed by atoms with E-state index in [1.54, 1.807) is 7.11 Å². The molecule has 0 radical (unpaired) electrons. The number of aromatic amines is 1. The van der Waals surface area contributed by atoms with Crippen LogP contribution in [-0.4, -0.2) is 48.0 Å². The molecular formula is C19H26N2O4. The lowest BCUT2D eigenvalue weighted by Gasteiger charge is -2.34. The number of aliphatic hydroxyl groups is 1. The van der Waals surface area contributed by atoms with Crippen molar-refractivity contribution >= 4 is 16.8 Å². The molecule has 1 amide bonds. The van der Waals surface area contributed by atoms with E-state index in [1.165, 1.54) is 0 Å². The number of fused-ring (bicyclic) bond motifs is 1. The summed E-state index contributed by atoms with van der Waals surface area (Å²) in [4.78, 5) is 15.9. The maximum Gasteiger partial charge on any atom is 0.268 e. The molecule has 0 bridgehead atoms. The summed E-state index contributed by atoms with van der Waals surface area (Å²) in [6.45, 7) is 4.46. The van der Waals surface area contributed by atoms with Crippen LogP contribution in [0.15, 0.2) is 18.2 Å². The van der Waals surface area contributed by atoms with Crippen molar-refractivity contribution in [2.24, 2.45) is 0 Å². The third-order valence-electron chi connectivity index (χ3n) is 4.98. The van der Waals surface area contributed by atoms with Gasteiger partial charge in [-0.25, -0.2) is 0 Å². The van der Waals surface area contributed by atoms with E-state index in [0.29, 0.717) is 12.3 Å². The summed E-state index contributed by atoms with van der Waals surface area (Å²) in [5, 5.41) is 14.3. The SMILES string of the molecule is CCOc1ccc2[nH]c(C(=O)N[C@@H]3CCC[C@@H](OC)[C@@H]3O)c(C)c2c1. The highest BCUT2D eigenvalue weighted by atomic mass is 16.5. The van der Waals surface area contributed by atoms with E-state index in [4.69, 9.17) is 9.47 Å². The van der Waals surface area contributed by atoms with Gasteiger partial charge >= 0.3 is 0 Å². The van der Waals surface area contributed by atoms with Crippen LogP contribution in [-0.2, 0) is 4.74 Å². The summed E-state index contributed by atoms with van der Waals surface area (Å²) in [6, 6.07) is 5.45. The third kappa shape index (κ3) is 3.50. The van der Waals surface area contributed by atoms with Crippen LogP contribution in [0.1, 0.15) is 42.2 Å². The molecule has 136 valence electrons. The molecule has 0 aliphatic heterocycles. The van der Waals surface area contributed by atoms with Crippen molar-refractivity contribution in [2.45, 2.75) is 51.4 Å². The van der Waals surface area contributed by atoms with Gasteiger partial charge in [-0.3, -0.25) is 4.79 Å². The summed E-state index contributed by atoms with van der Waals surface area (Å²) < 4.78 is 10.8. The van der Waals surface area contributed by atoms with Crippen molar-refractivity contribution in [2.75, 3.05) is 13.7 Å². The van der Waals surface area contributed by atoms with Gasteiger partial charge in [0, 0.05) is 18.0 Å². The fourth-order valence-corrected chi connectivity index (χ4v) is 3.58. The van der Waals surface area contributed by atoms with Gasteiger partial charge in [0.25, 0.3) is 5.91 Å². The number of aromatic nitrogens is 1. The van der Waals surface area contributed by atoms with Crippen molar-refractivity contribution in [3.63, 3.8) is 0 Å². The van der Waals surface area contributed by atoms with E-state index in [1.807, 2.05) is 32.0 Å². The molecule has 0 unspecified atom stereocenters. The van der Waals surface area contributed by atoms with Crippen molar-refractivity contribution in [1.82, 2.24) is 10.3 Å². The van der Waals surface area contributed by atoms with Crippen LogP contribution in [0.4, 0.5) is 0 Å². The van der Waals surface area contributed by atoms with Gasteiger partial charge in [-0.05, 0) is 56.9 Å². The van der Waals surface area contributed by atoms with E-state index < -0.39 is 6.10 Å². The molecule has 3 N–H and O–H groups in total. The number of carbonyl (C=O) groups excluding carboxylic acids is 1. The van der Waals surface area contributed by atoms with Gasteiger partial charge in [0.15, 0.2) is 0 Å². The number of H-pyrrole nitrogens is 1. The molecule has 1 saturated carbocycles. The molecule has 0 saturated heterocycles. The molecule has 1 aromatic heterocycles. The number of nitrogens with one attached hydrogen (secondary N) is 2. The number of benzene rings is 1. The Balaban J connectivity index is 1.81. The van der Waals surface area contributed by atoms with E-state index in [0.717, 1.165) is 41.5 Å². The average Bonchev–Trinajstić information content (AvgIpc) is 2.94. The molecule has 1 heterocycles. The lowest BCUT2D eigenvalue weighted by atomic mass is 9.90. The zero-order valence-electron chi connectivity index (χ0n) is 15.0. The summed E-state index contributed by atoms with van der Waals surface area (Å²) in [7, 11) is 1.59. The Morgan fingerprint density at radius 3 is 2.92 bits per heavy atom. The molecule has 6 heteroatoms. The lowest BCUT2D eigenvalue weighted by Crippen LogP contribution is -2.51. The first-order valence-corrected chi connectivity index (χ1v) is 8.82. The monoisotopic (exact) mass is 346 g/mol. The van der Waals surface area contributed by atoms with E-state index in [2.05, 4.69) is 10.3 Å².